The standard InChI is InChI=1S/C11H16ClFN2O3S/c1-7(6-18-2)15-19(16,17)10-4-9(12)3-8(5-14)11(10)13/h3-4,7,15H,5-6,14H2,1-2H3. The molecule has 5 nitrogen and oxygen atoms in total. The highest BCUT2D eigenvalue weighted by molar-refractivity contribution is 7.89. The Bertz CT molecular complexity index is 551. The van der Waals surface area contributed by atoms with E-state index in [0.717, 1.165) is 6.07 Å². The number of ether oxygens (including phenoxy) is 1. The second-order valence-electron chi connectivity index (χ2n) is 4.06. The van der Waals surface area contributed by atoms with E-state index in [2.05, 4.69) is 4.72 Å². The molecule has 0 saturated carbocycles. The third-order valence-electron chi connectivity index (χ3n) is 2.36. The Hall–Kier alpha value is -0.730. The van der Waals surface area contributed by atoms with Crippen LogP contribution >= 0.6 is 11.6 Å². The highest BCUT2D eigenvalue weighted by atomic mass is 35.5. The lowest BCUT2D eigenvalue weighted by atomic mass is 10.2. The van der Waals surface area contributed by atoms with Crippen molar-refractivity contribution >= 4 is 21.6 Å². The highest BCUT2D eigenvalue weighted by Crippen LogP contribution is 2.23. The maximum atomic E-state index is 14.0. The summed E-state index contributed by atoms with van der Waals surface area (Å²) in [6.45, 7) is 1.64. The van der Waals surface area contributed by atoms with Crippen LogP contribution in [0.2, 0.25) is 5.02 Å². The Morgan fingerprint density at radius 3 is 2.68 bits per heavy atom. The van der Waals surface area contributed by atoms with Crippen LogP contribution in [0.15, 0.2) is 17.0 Å². The van der Waals surface area contributed by atoms with E-state index in [4.69, 9.17) is 22.1 Å². The van der Waals surface area contributed by atoms with Gasteiger partial charge in [0.05, 0.1) is 6.61 Å². The molecule has 108 valence electrons. The van der Waals surface area contributed by atoms with Gasteiger partial charge in [0.2, 0.25) is 10.0 Å². The van der Waals surface area contributed by atoms with Crippen LogP contribution in [0.25, 0.3) is 0 Å². The van der Waals surface area contributed by atoms with Crippen LogP contribution < -0.4 is 10.5 Å². The summed E-state index contributed by atoms with van der Waals surface area (Å²) in [5, 5.41) is 0.113. The molecule has 1 rings (SSSR count). The molecule has 1 aromatic carbocycles. The third kappa shape index (κ3) is 4.12. The van der Waals surface area contributed by atoms with Gasteiger partial charge in [0, 0.05) is 30.3 Å². The van der Waals surface area contributed by atoms with Crippen molar-refractivity contribution in [3.8, 4) is 0 Å². The lowest BCUT2D eigenvalue weighted by molar-refractivity contribution is 0.180. The molecule has 0 spiro atoms. The molecule has 19 heavy (non-hydrogen) atoms. The number of rotatable bonds is 6. The molecule has 1 unspecified atom stereocenters. The summed E-state index contributed by atoms with van der Waals surface area (Å²) >= 11 is 5.77. The molecule has 3 N–H and O–H groups in total. The smallest absolute Gasteiger partial charge is 0.243 e. The zero-order chi connectivity index (χ0) is 14.6. The van der Waals surface area contributed by atoms with Crippen LogP contribution in [0.3, 0.4) is 0 Å². The topological polar surface area (TPSA) is 81.4 Å². The van der Waals surface area contributed by atoms with Crippen molar-refractivity contribution < 1.29 is 17.5 Å². The van der Waals surface area contributed by atoms with Gasteiger partial charge >= 0.3 is 0 Å². The zero-order valence-corrected chi connectivity index (χ0v) is 12.2. The maximum absolute atomic E-state index is 14.0. The molecule has 1 aromatic rings. The summed E-state index contributed by atoms with van der Waals surface area (Å²) in [5.74, 6) is -0.885. The minimum Gasteiger partial charge on any atom is -0.383 e. The molecule has 0 aromatic heterocycles. The summed E-state index contributed by atoms with van der Waals surface area (Å²) in [6.07, 6.45) is 0. The van der Waals surface area contributed by atoms with E-state index in [1.165, 1.54) is 13.2 Å². The SMILES string of the molecule is COCC(C)NS(=O)(=O)c1cc(Cl)cc(CN)c1F. The van der Waals surface area contributed by atoms with E-state index in [0.29, 0.717) is 0 Å². The van der Waals surface area contributed by atoms with E-state index in [1.54, 1.807) is 6.92 Å². The van der Waals surface area contributed by atoms with Crippen molar-refractivity contribution in [3.63, 3.8) is 0 Å². The van der Waals surface area contributed by atoms with Crippen LogP contribution in [0.4, 0.5) is 4.39 Å². The average molecular weight is 311 g/mol. The average Bonchev–Trinajstić information content (AvgIpc) is 2.31. The van der Waals surface area contributed by atoms with Crippen molar-refractivity contribution in [1.29, 1.82) is 0 Å². The monoisotopic (exact) mass is 310 g/mol. The lowest BCUT2D eigenvalue weighted by Crippen LogP contribution is -2.36. The van der Waals surface area contributed by atoms with Gasteiger partial charge in [-0.1, -0.05) is 11.6 Å². The van der Waals surface area contributed by atoms with Crippen LogP contribution in [0.5, 0.6) is 0 Å². The first kappa shape index (κ1) is 16.3. The number of halogens is 2. The molecular weight excluding hydrogens is 295 g/mol. The van der Waals surface area contributed by atoms with Crippen LogP contribution in [-0.4, -0.2) is 28.2 Å². The van der Waals surface area contributed by atoms with Gasteiger partial charge in [-0.2, -0.15) is 0 Å². The molecule has 0 heterocycles. The van der Waals surface area contributed by atoms with E-state index >= 15 is 0 Å². The molecule has 0 aliphatic carbocycles. The molecule has 0 amide bonds. The molecule has 0 aliphatic rings. The predicted octanol–water partition coefficient (Wildman–Crippen LogP) is 1.25. The first-order valence-electron chi connectivity index (χ1n) is 5.51. The summed E-state index contributed by atoms with van der Waals surface area (Å²) in [6, 6.07) is 1.86. The quantitative estimate of drug-likeness (QED) is 0.828. The Balaban J connectivity index is 3.18. The summed E-state index contributed by atoms with van der Waals surface area (Å²) in [7, 11) is -2.57. The third-order valence-corrected chi connectivity index (χ3v) is 4.17. The molecule has 8 heteroatoms. The highest BCUT2D eigenvalue weighted by Gasteiger charge is 2.23. The Labute approximate surface area is 116 Å². The predicted molar refractivity (Wildman–Crippen MR) is 71.0 cm³/mol. The molecule has 0 saturated heterocycles. The van der Waals surface area contributed by atoms with Gasteiger partial charge in [0.25, 0.3) is 0 Å². The fraction of sp³-hybridized carbons (Fsp3) is 0.455. The Morgan fingerprint density at radius 2 is 2.16 bits per heavy atom. The molecule has 0 radical (unpaired) electrons. The van der Waals surface area contributed by atoms with Crippen molar-refractivity contribution in [2.45, 2.75) is 24.4 Å². The van der Waals surface area contributed by atoms with Gasteiger partial charge in [-0.25, -0.2) is 17.5 Å². The number of hydrogen-bond donors (Lipinski definition) is 2. The molecule has 1 atom stereocenters. The van der Waals surface area contributed by atoms with Crippen LogP contribution in [-0.2, 0) is 21.3 Å². The van der Waals surface area contributed by atoms with Crippen molar-refractivity contribution in [1.82, 2.24) is 4.72 Å². The van der Waals surface area contributed by atoms with Gasteiger partial charge in [-0.15, -0.1) is 0 Å². The van der Waals surface area contributed by atoms with Gasteiger partial charge < -0.3 is 10.5 Å². The van der Waals surface area contributed by atoms with Crippen LogP contribution in [0, 0.1) is 5.82 Å². The number of hydrogen-bond acceptors (Lipinski definition) is 4. The zero-order valence-electron chi connectivity index (χ0n) is 10.6. The normalized spacial score (nSPS) is 13.5. The van der Waals surface area contributed by atoms with E-state index in [9.17, 15) is 12.8 Å². The first-order valence-corrected chi connectivity index (χ1v) is 7.37. The maximum Gasteiger partial charge on any atom is 0.243 e. The van der Waals surface area contributed by atoms with Gasteiger partial charge in [-0.3, -0.25) is 0 Å². The minimum atomic E-state index is -4.01. The Kier molecular flexibility index (Phi) is 5.69. The molecule has 0 bridgehead atoms. The van der Waals surface area contributed by atoms with Gasteiger partial charge in [0.15, 0.2) is 0 Å². The number of sulfonamides is 1. The molecule has 0 aliphatic heterocycles. The van der Waals surface area contributed by atoms with Crippen molar-refractivity contribution in [2.24, 2.45) is 5.73 Å². The molecule has 0 fully saturated rings. The summed E-state index contributed by atoms with van der Waals surface area (Å²) in [4.78, 5) is -0.511. The fourth-order valence-corrected chi connectivity index (χ4v) is 3.25. The summed E-state index contributed by atoms with van der Waals surface area (Å²) in [5.41, 5.74) is 5.40. The second kappa shape index (κ2) is 6.62. The largest absolute Gasteiger partial charge is 0.383 e. The number of benzene rings is 1. The number of nitrogens with two attached hydrogens (primary N) is 1. The second-order valence-corrected chi connectivity index (χ2v) is 6.18. The van der Waals surface area contributed by atoms with E-state index in [1.807, 2.05) is 0 Å². The van der Waals surface area contributed by atoms with Gasteiger partial charge in [-0.05, 0) is 19.1 Å². The summed E-state index contributed by atoms with van der Waals surface area (Å²) < 4.78 is 45.2. The van der Waals surface area contributed by atoms with Crippen molar-refractivity contribution in [2.75, 3.05) is 13.7 Å². The first-order chi connectivity index (χ1) is 8.81. The van der Waals surface area contributed by atoms with Gasteiger partial charge in [0.1, 0.15) is 10.7 Å². The Morgan fingerprint density at radius 1 is 1.53 bits per heavy atom. The van der Waals surface area contributed by atoms with E-state index < -0.39 is 26.8 Å². The number of methoxy groups -OCH3 is 1. The van der Waals surface area contributed by atoms with Crippen molar-refractivity contribution in [3.05, 3.63) is 28.5 Å². The van der Waals surface area contributed by atoms with E-state index in [-0.39, 0.29) is 23.7 Å². The lowest BCUT2D eigenvalue weighted by Gasteiger charge is -2.15. The fourth-order valence-electron chi connectivity index (χ4n) is 1.57. The number of nitrogens with one attached hydrogen (secondary N) is 1. The molecular formula is C11H16ClFN2O3S. The van der Waals surface area contributed by atoms with Crippen LogP contribution in [0.1, 0.15) is 12.5 Å². The minimum absolute atomic E-state index is 0.0484.